The van der Waals surface area contributed by atoms with Crippen LogP contribution in [0.25, 0.3) is 10.7 Å². The predicted molar refractivity (Wildman–Crippen MR) is 94.8 cm³/mol. The van der Waals surface area contributed by atoms with Crippen molar-refractivity contribution in [3.05, 3.63) is 21.5 Å². The molecule has 2 fully saturated rings. The van der Waals surface area contributed by atoms with Crippen molar-refractivity contribution in [3.8, 4) is 10.7 Å². The number of nitrogens with zero attached hydrogens (tertiary/aromatic N) is 2. The third-order valence-electron chi connectivity index (χ3n) is 4.55. The lowest BCUT2D eigenvalue weighted by Gasteiger charge is -2.25. The van der Waals surface area contributed by atoms with Crippen LogP contribution in [0.5, 0.6) is 0 Å². The second-order valence-electron chi connectivity index (χ2n) is 6.53. The van der Waals surface area contributed by atoms with Crippen LogP contribution >= 0.6 is 22.7 Å². The van der Waals surface area contributed by atoms with Gasteiger partial charge < -0.3 is 14.2 Å². The van der Waals surface area contributed by atoms with E-state index < -0.39 is 11.4 Å². The lowest BCUT2D eigenvalue weighted by atomic mass is 10.1. The summed E-state index contributed by atoms with van der Waals surface area (Å²) >= 11 is 2.84. The van der Waals surface area contributed by atoms with Gasteiger partial charge in [-0.05, 0) is 26.7 Å². The van der Waals surface area contributed by atoms with Crippen LogP contribution in [-0.4, -0.2) is 34.9 Å². The van der Waals surface area contributed by atoms with Crippen LogP contribution in [0.3, 0.4) is 0 Å². The topological polar surface area (TPSA) is 70.5 Å². The van der Waals surface area contributed by atoms with Crippen molar-refractivity contribution in [2.24, 2.45) is 0 Å². The van der Waals surface area contributed by atoms with E-state index in [1.165, 1.54) is 11.3 Å². The Morgan fingerprint density at radius 2 is 2.20 bits per heavy atom. The van der Waals surface area contributed by atoms with E-state index in [1.807, 2.05) is 12.3 Å². The summed E-state index contributed by atoms with van der Waals surface area (Å²) in [6, 6.07) is 0. The Bertz CT molecular complexity index is 781. The molecule has 6 nitrogen and oxygen atoms in total. The minimum Gasteiger partial charge on any atom is -0.462 e. The Kier molecular flexibility index (Phi) is 4.39. The molecule has 3 heterocycles. The monoisotopic (exact) mass is 380 g/mol. The highest BCUT2D eigenvalue weighted by Gasteiger charge is 2.51. The van der Waals surface area contributed by atoms with Crippen LogP contribution in [-0.2, 0) is 19.8 Å². The van der Waals surface area contributed by atoms with Crippen molar-refractivity contribution in [3.63, 3.8) is 0 Å². The Hall–Kier alpha value is -1.35. The van der Waals surface area contributed by atoms with Gasteiger partial charge in [0.05, 0.1) is 19.4 Å². The number of esters is 1. The Balaban J connectivity index is 1.53. The fourth-order valence-electron chi connectivity index (χ4n) is 3.31. The molecule has 2 aliphatic rings. The van der Waals surface area contributed by atoms with Gasteiger partial charge in [-0.25, -0.2) is 14.8 Å². The first-order chi connectivity index (χ1) is 12.0. The van der Waals surface area contributed by atoms with E-state index in [0.29, 0.717) is 23.1 Å². The highest BCUT2D eigenvalue weighted by Crippen LogP contribution is 2.47. The number of thiazole rings is 2. The second-order valence-corrected chi connectivity index (χ2v) is 8.42. The fraction of sp³-hybridized carbons (Fsp3) is 0.588. The van der Waals surface area contributed by atoms with E-state index in [0.717, 1.165) is 36.4 Å². The van der Waals surface area contributed by atoms with E-state index in [2.05, 4.69) is 4.98 Å². The minimum absolute atomic E-state index is 0.343. The quantitative estimate of drug-likeness (QED) is 0.748. The second kappa shape index (κ2) is 6.42. The Labute approximate surface area is 154 Å². The van der Waals surface area contributed by atoms with Crippen molar-refractivity contribution in [2.75, 3.05) is 13.2 Å². The van der Waals surface area contributed by atoms with Gasteiger partial charge in [-0.2, -0.15) is 0 Å². The maximum absolute atomic E-state index is 11.8. The molecule has 4 rings (SSSR count). The average molecular weight is 380 g/mol. The number of hydrogen-bond donors (Lipinski definition) is 0. The van der Waals surface area contributed by atoms with E-state index in [4.69, 9.17) is 19.2 Å². The molecule has 2 aromatic rings. The van der Waals surface area contributed by atoms with Crippen LogP contribution < -0.4 is 0 Å². The molecule has 134 valence electrons. The fourth-order valence-corrected chi connectivity index (χ4v) is 5.04. The summed E-state index contributed by atoms with van der Waals surface area (Å²) < 4.78 is 17.4. The van der Waals surface area contributed by atoms with E-state index in [-0.39, 0.29) is 5.97 Å². The molecular weight excluding hydrogens is 360 g/mol. The molecule has 2 aromatic heterocycles. The van der Waals surface area contributed by atoms with Crippen LogP contribution in [0, 0.1) is 0 Å². The normalized spacial score (nSPS) is 24.9. The van der Waals surface area contributed by atoms with Crippen LogP contribution in [0.15, 0.2) is 11.6 Å². The summed E-state index contributed by atoms with van der Waals surface area (Å²) in [6.07, 6.45) is 5.75. The lowest BCUT2D eigenvalue weighted by Crippen LogP contribution is -2.30. The van der Waals surface area contributed by atoms with Crippen LogP contribution in [0.2, 0.25) is 0 Å². The van der Waals surface area contributed by atoms with Crippen LogP contribution in [0.4, 0.5) is 0 Å². The highest BCUT2D eigenvalue weighted by molar-refractivity contribution is 7.17. The van der Waals surface area contributed by atoms with Gasteiger partial charge in [0, 0.05) is 18.2 Å². The first-order valence-corrected chi connectivity index (χ1v) is 10.2. The SMILES string of the molecule is CCOC(=O)c1cnc(-c2csc([C@]3(C)COC4(CCCC4)O3)n2)s1. The van der Waals surface area contributed by atoms with Gasteiger partial charge in [-0.3, -0.25) is 0 Å². The third kappa shape index (κ3) is 3.12. The molecule has 0 N–H and O–H groups in total. The van der Waals surface area contributed by atoms with Crippen LogP contribution in [0.1, 0.15) is 54.2 Å². The maximum atomic E-state index is 11.8. The molecule has 1 aliphatic heterocycles. The zero-order valence-electron chi connectivity index (χ0n) is 14.2. The number of aromatic nitrogens is 2. The zero-order chi connectivity index (χ0) is 17.5. The Morgan fingerprint density at radius 3 is 2.96 bits per heavy atom. The summed E-state index contributed by atoms with van der Waals surface area (Å²) in [5.41, 5.74) is 0.242. The van der Waals surface area contributed by atoms with Gasteiger partial charge in [0.2, 0.25) is 0 Å². The summed E-state index contributed by atoms with van der Waals surface area (Å²) in [7, 11) is 0. The molecule has 1 atom stereocenters. The molecule has 25 heavy (non-hydrogen) atoms. The van der Waals surface area contributed by atoms with Crippen molar-refractivity contribution < 1.29 is 19.0 Å². The molecule has 0 amide bonds. The first kappa shape index (κ1) is 17.1. The highest BCUT2D eigenvalue weighted by atomic mass is 32.1. The molecule has 0 bridgehead atoms. The van der Waals surface area contributed by atoms with Crippen molar-refractivity contribution in [1.82, 2.24) is 9.97 Å². The number of carbonyl (C=O) groups is 1. The molecule has 1 saturated heterocycles. The lowest BCUT2D eigenvalue weighted by molar-refractivity contribution is -0.180. The van der Waals surface area contributed by atoms with E-state index in [9.17, 15) is 4.79 Å². The standard InChI is InChI=1S/C17H20N2O4S2/c1-3-21-14(20)12-8-18-13(25-12)11-9-24-15(19-11)16(2)10-22-17(23-16)6-4-5-7-17/h8-9H,3-7,10H2,1-2H3/t16-/m0/s1. The largest absolute Gasteiger partial charge is 0.462 e. The molecule has 1 spiro atoms. The minimum atomic E-state index is -0.519. The van der Waals surface area contributed by atoms with Crippen molar-refractivity contribution in [1.29, 1.82) is 0 Å². The maximum Gasteiger partial charge on any atom is 0.349 e. The van der Waals surface area contributed by atoms with E-state index in [1.54, 1.807) is 24.5 Å². The molecule has 0 unspecified atom stereocenters. The summed E-state index contributed by atoms with van der Waals surface area (Å²) in [5, 5.41) is 3.56. The molecule has 1 aliphatic carbocycles. The number of hydrogen-bond acceptors (Lipinski definition) is 8. The van der Waals surface area contributed by atoms with Gasteiger partial charge in [0.1, 0.15) is 26.2 Å². The smallest absolute Gasteiger partial charge is 0.349 e. The average Bonchev–Trinajstić information content (AvgIpc) is 3.35. The summed E-state index contributed by atoms with van der Waals surface area (Å²) in [4.78, 5) is 21.3. The molecule has 8 heteroatoms. The van der Waals surface area contributed by atoms with Gasteiger partial charge in [0.15, 0.2) is 5.79 Å². The van der Waals surface area contributed by atoms with E-state index >= 15 is 0 Å². The third-order valence-corrected chi connectivity index (χ3v) is 6.63. The van der Waals surface area contributed by atoms with Gasteiger partial charge in [0.25, 0.3) is 0 Å². The molecule has 1 saturated carbocycles. The zero-order valence-corrected chi connectivity index (χ0v) is 15.9. The van der Waals surface area contributed by atoms with Crippen molar-refractivity contribution in [2.45, 2.75) is 50.9 Å². The van der Waals surface area contributed by atoms with Crippen molar-refractivity contribution >= 4 is 28.6 Å². The first-order valence-electron chi connectivity index (χ1n) is 8.47. The molecular formula is C17H20N2O4S2. The number of rotatable bonds is 4. The molecule has 0 aromatic carbocycles. The summed E-state index contributed by atoms with van der Waals surface area (Å²) in [6.45, 7) is 4.69. The van der Waals surface area contributed by atoms with Gasteiger partial charge in [-0.1, -0.05) is 0 Å². The Morgan fingerprint density at radius 1 is 1.40 bits per heavy atom. The number of ether oxygens (including phenoxy) is 3. The summed E-state index contributed by atoms with van der Waals surface area (Å²) in [5.74, 6) is -0.761. The predicted octanol–water partition coefficient (Wildman–Crippen LogP) is 3.98. The number of carbonyl (C=O) groups excluding carboxylic acids is 1. The molecule has 0 radical (unpaired) electrons. The van der Waals surface area contributed by atoms with Gasteiger partial charge >= 0.3 is 5.97 Å². The van der Waals surface area contributed by atoms with Gasteiger partial charge in [-0.15, -0.1) is 22.7 Å².